The van der Waals surface area contributed by atoms with Crippen LogP contribution in [0, 0.1) is 0 Å². The van der Waals surface area contributed by atoms with Crippen LogP contribution in [0.1, 0.15) is 34.1 Å². The summed E-state index contributed by atoms with van der Waals surface area (Å²) >= 11 is 0. The lowest BCUT2D eigenvalue weighted by atomic mass is 9.90. The first-order valence-electron chi connectivity index (χ1n) is 7.09. The number of ether oxygens (including phenoxy) is 3. The molecule has 1 saturated heterocycles. The SMILES string of the molecule is CCOCCOC1(CC(=O)O)CN(C(=O)OC(C)(C)C)C1. The van der Waals surface area contributed by atoms with E-state index in [1.807, 2.05) is 6.92 Å². The first kappa shape index (κ1) is 17.7. The van der Waals surface area contributed by atoms with E-state index < -0.39 is 23.3 Å². The Morgan fingerprint density at radius 3 is 2.33 bits per heavy atom. The molecule has 7 nitrogen and oxygen atoms in total. The van der Waals surface area contributed by atoms with Gasteiger partial charge in [0, 0.05) is 6.61 Å². The number of carbonyl (C=O) groups is 2. The van der Waals surface area contributed by atoms with Crippen LogP contribution in [0.15, 0.2) is 0 Å². The number of likely N-dealkylation sites (tertiary alicyclic amines) is 1. The van der Waals surface area contributed by atoms with Crippen molar-refractivity contribution in [2.75, 3.05) is 32.9 Å². The molecule has 0 unspecified atom stereocenters. The van der Waals surface area contributed by atoms with Crippen molar-refractivity contribution in [2.24, 2.45) is 0 Å². The molecule has 1 rings (SSSR count). The predicted molar refractivity (Wildman–Crippen MR) is 75.2 cm³/mol. The lowest BCUT2D eigenvalue weighted by molar-refractivity contribution is -0.170. The van der Waals surface area contributed by atoms with Crippen LogP contribution < -0.4 is 0 Å². The maximum atomic E-state index is 11.9. The zero-order chi connectivity index (χ0) is 16.1. The number of carboxylic acid groups (broad SMARTS) is 1. The first-order chi connectivity index (χ1) is 9.67. The highest BCUT2D eigenvalue weighted by atomic mass is 16.6. The average molecular weight is 303 g/mol. The smallest absolute Gasteiger partial charge is 0.410 e. The van der Waals surface area contributed by atoms with Gasteiger partial charge in [-0.1, -0.05) is 0 Å². The van der Waals surface area contributed by atoms with Gasteiger partial charge in [0.15, 0.2) is 0 Å². The summed E-state index contributed by atoms with van der Waals surface area (Å²) in [6, 6.07) is 0. The fourth-order valence-corrected chi connectivity index (χ4v) is 2.10. The maximum absolute atomic E-state index is 11.9. The minimum Gasteiger partial charge on any atom is -0.481 e. The van der Waals surface area contributed by atoms with E-state index in [9.17, 15) is 9.59 Å². The Hall–Kier alpha value is -1.34. The molecule has 0 aromatic heterocycles. The summed E-state index contributed by atoms with van der Waals surface area (Å²) < 4.78 is 16.0. The number of hydrogen-bond acceptors (Lipinski definition) is 5. The topological polar surface area (TPSA) is 85.3 Å². The highest BCUT2D eigenvalue weighted by Crippen LogP contribution is 2.30. The van der Waals surface area contributed by atoms with Crippen molar-refractivity contribution >= 4 is 12.1 Å². The Kier molecular flexibility index (Phi) is 5.98. The van der Waals surface area contributed by atoms with Crippen LogP contribution in [-0.4, -0.2) is 66.2 Å². The second-order valence-electron chi connectivity index (χ2n) is 6.14. The zero-order valence-corrected chi connectivity index (χ0v) is 13.2. The van der Waals surface area contributed by atoms with Crippen molar-refractivity contribution in [3.8, 4) is 0 Å². The molecular formula is C14H25NO6. The molecule has 0 bridgehead atoms. The summed E-state index contributed by atoms with van der Waals surface area (Å²) in [5.74, 6) is -0.949. The quantitative estimate of drug-likeness (QED) is 0.717. The molecule has 21 heavy (non-hydrogen) atoms. The summed E-state index contributed by atoms with van der Waals surface area (Å²) in [7, 11) is 0. The molecule has 1 amide bonds. The number of amides is 1. The first-order valence-corrected chi connectivity index (χ1v) is 7.09. The highest BCUT2D eigenvalue weighted by molar-refractivity contribution is 5.72. The van der Waals surface area contributed by atoms with Crippen LogP contribution in [0.5, 0.6) is 0 Å². The van der Waals surface area contributed by atoms with Gasteiger partial charge in [0.2, 0.25) is 0 Å². The largest absolute Gasteiger partial charge is 0.481 e. The van der Waals surface area contributed by atoms with Gasteiger partial charge in [-0.2, -0.15) is 0 Å². The van der Waals surface area contributed by atoms with Crippen molar-refractivity contribution in [3.05, 3.63) is 0 Å². The molecule has 0 spiro atoms. The van der Waals surface area contributed by atoms with Gasteiger partial charge in [0.05, 0.1) is 32.7 Å². The molecule has 1 heterocycles. The van der Waals surface area contributed by atoms with Crippen LogP contribution in [0.3, 0.4) is 0 Å². The second-order valence-corrected chi connectivity index (χ2v) is 6.14. The highest BCUT2D eigenvalue weighted by Gasteiger charge is 2.49. The minimum atomic E-state index is -0.949. The molecule has 1 fully saturated rings. The summed E-state index contributed by atoms with van der Waals surface area (Å²) in [5, 5.41) is 8.98. The van der Waals surface area contributed by atoms with Gasteiger partial charge in [-0.05, 0) is 27.7 Å². The molecule has 7 heteroatoms. The summed E-state index contributed by atoms with van der Waals surface area (Å²) in [4.78, 5) is 24.3. The molecular weight excluding hydrogens is 278 g/mol. The van der Waals surface area contributed by atoms with Crippen LogP contribution in [-0.2, 0) is 19.0 Å². The fraction of sp³-hybridized carbons (Fsp3) is 0.857. The second kappa shape index (κ2) is 7.09. The molecule has 1 aliphatic rings. The third-order valence-corrected chi connectivity index (χ3v) is 2.92. The molecule has 0 radical (unpaired) electrons. The summed E-state index contributed by atoms with van der Waals surface area (Å²) in [6.07, 6.45) is -0.588. The zero-order valence-electron chi connectivity index (χ0n) is 13.2. The Bertz CT molecular complexity index is 370. The number of carboxylic acids is 1. The Labute approximate surface area is 125 Å². The van der Waals surface area contributed by atoms with Gasteiger partial charge < -0.3 is 24.2 Å². The number of nitrogens with zero attached hydrogens (tertiary/aromatic N) is 1. The number of rotatable bonds is 7. The van der Waals surface area contributed by atoms with E-state index in [1.165, 1.54) is 4.90 Å². The average Bonchev–Trinajstić information content (AvgIpc) is 2.27. The number of aliphatic carboxylic acids is 1. The van der Waals surface area contributed by atoms with Gasteiger partial charge in [-0.25, -0.2) is 4.79 Å². The fourth-order valence-electron chi connectivity index (χ4n) is 2.10. The number of carbonyl (C=O) groups excluding carboxylic acids is 1. The molecule has 1 N–H and O–H groups in total. The predicted octanol–water partition coefficient (Wildman–Crippen LogP) is 1.50. The van der Waals surface area contributed by atoms with Crippen molar-refractivity contribution in [1.82, 2.24) is 4.90 Å². The van der Waals surface area contributed by atoms with Gasteiger partial charge >= 0.3 is 12.1 Å². The van der Waals surface area contributed by atoms with E-state index >= 15 is 0 Å². The third kappa shape index (κ3) is 5.89. The van der Waals surface area contributed by atoms with E-state index in [4.69, 9.17) is 19.3 Å². The molecule has 1 aliphatic heterocycles. The van der Waals surface area contributed by atoms with Crippen molar-refractivity contribution < 1.29 is 28.9 Å². The molecule has 0 aromatic carbocycles. The van der Waals surface area contributed by atoms with Crippen molar-refractivity contribution in [3.63, 3.8) is 0 Å². The minimum absolute atomic E-state index is 0.140. The molecule has 0 saturated carbocycles. The van der Waals surface area contributed by atoms with Gasteiger partial charge in [0.1, 0.15) is 11.2 Å². The van der Waals surface area contributed by atoms with Gasteiger partial charge in [0.25, 0.3) is 0 Å². The third-order valence-electron chi connectivity index (χ3n) is 2.92. The van der Waals surface area contributed by atoms with Gasteiger partial charge in [-0.15, -0.1) is 0 Å². The summed E-state index contributed by atoms with van der Waals surface area (Å²) in [6.45, 7) is 8.98. The summed E-state index contributed by atoms with van der Waals surface area (Å²) in [5.41, 5.74) is -1.40. The molecule has 0 atom stereocenters. The van der Waals surface area contributed by atoms with Crippen LogP contribution in [0.25, 0.3) is 0 Å². The van der Waals surface area contributed by atoms with Crippen LogP contribution in [0.2, 0.25) is 0 Å². The van der Waals surface area contributed by atoms with Crippen LogP contribution >= 0.6 is 0 Å². The van der Waals surface area contributed by atoms with Crippen molar-refractivity contribution in [2.45, 2.75) is 45.3 Å². The van der Waals surface area contributed by atoms with Crippen molar-refractivity contribution in [1.29, 1.82) is 0 Å². The Morgan fingerprint density at radius 2 is 1.86 bits per heavy atom. The van der Waals surface area contributed by atoms with E-state index in [2.05, 4.69) is 0 Å². The van der Waals surface area contributed by atoms with Gasteiger partial charge in [-0.3, -0.25) is 4.79 Å². The molecule has 0 aliphatic carbocycles. The molecule has 0 aromatic rings. The Morgan fingerprint density at radius 1 is 1.24 bits per heavy atom. The lowest BCUT2D eigenvalue weighted by Crippen LogP contribution is -2.66. The lowest BCUT2D eigenvalue weighted by Gasteiger charge is -2.48. The normalized spacial score (nSPS) is 17.2. The monoisotopic (exact) mass is 303 g/mol. The van der Waals surface area contributed by atoms with E-state index in [0.717, 1.165) is 0 Å². The van der Waals surface area contributed by atoms with E-state index in [0.29, 0.717) is 19.8 Å². The van der Waals surface area contributed by atoms with E-state index in [-0.39, 0.29) is 19.5 Å². The Balaban J connectivity index is 2.49. The number of hydrogen-bond donors (Lipinski definition) is 1. The maximum Gasteiger partial charge on any atom is 0.410 e. The standard InChI is InChI=1S/C14H25NO6/c1-5-19-6-7-20-14(8-11(16)17)9-15(10-14)12(18)21-13(2,3)4/h5-10H2,1-4H3,(H,16,17). The van der Waals surface area contributed by atoms with E-state index in [1.54, 1.807) is 20.8 Å². The van der Waals surface area contributed by atoms with Crippen LogP contribution in [0.4, 0.5) is 4.79 Å². The molecule has 122 valence electrons.